The summed E-state index contributed by atoms with van der Waals surface area (Å²) in [5.41, 5.74) is -1.30. The van der Waals surface area contributed by atoms with Crippen molar-refractivity contribution in [1.82, 2.24) is 0 Å². The van der Waals surface area contributed by atoms with E-state index < -0.39 is 34.5 Å². The Morgan fingerprint density at radius 2 is 1.60 bits per heavy atom. The number of rotatable bonds is 1. The Morgan fingerprint density at radius 1 is 1.13 bits per heavy atom. The van der Waals surface area contributed by atoms with Gasteiger partial charge in [-0.05, 0) is 12.1 Å². The first-order valence-electron chi connectivity index (χ1n) is 3.63. The Labute approximate surface area is 86.1 Å². The minimum atomic E-state index is -5.10. The molecule has 1 aromatic carbocycles. The lowest BCUT2D eigenvalue weighted by atomic mass is 10.1. The lowest BCUT2D eigenvalue weighted by Gasteiger charge is -2.16. The molecule has 0 aliphatic rings. The largest absolute Gasteiger partial charge is 0.418 e. The second-order valence-corrected chi connectivity index (χ2v) is 3.08. The van der Waals surface area contributed by atoms with Crippen LogP contribution < -0.4 is 0 Å². The van der Waals surface area contributed by atoms with Gasteiger partial charge in [0.05, 0.1) is 5.02 Å². The zero-order valence-corrected chi connectivity index (χ0v) is 7.70. The van der Waals surface area contributed by atoms with Gasteiger partial charge in [0.1, 0.15) is 11.6 Å². The predicted octanol–water partition coefficient (Wildman–Crippen LogP) is 3.21. The highest BCUT2D eigenvalue weighted by atomic mass is 35.5. The molecule has 0 heterocycles. The van der Waals surface area contributed by atoms with Crippen LogP contribution in [0, 0.1) is 11.6 Å². The maximum absolute atomic E-state index is 12.9. The lowest BCUT2D eigenvalue weighted by Crippen LogP contribution is -2.22. The number of benzene rings is 1. The van der Waals surface area contributed by atoms with Crippen LogP contribution in [-0.4, -0.2) is 11.3 Å². The molecule has 0 amide bonds. The molecule has 0 fully saturated rings. The summed E-state index contributed by atoms with van der Waals surface area (Å²) in [5.74, 6) is -2.64. The number of alkyl halides is 3. The summed E-state index contributed by atoms with van der Waals surface area (Å²) in [7, 11) is 0. The molecule has 0 spiro atoms. The van der Waals surface area contributed by atoms with E-state index >= 15 is 0 Å². The second kappa shape index (κ2) is 3.94. The van der Waals surface area contributed by atoms with Crippen LogP contribution in [0.2, 0.25) is 5.02 Å². The SMILES string of the molecule is OC(c1c(F)ccc(F)c1Cl)C(F)(F)F. The Bertz CT molecular complexity index is 376. The minimum absolute atomic E-state index is 0.464. The van der Waals surface area contributed by atoms with Crippen molar-refractivity contribution in [3.63, 3.8) is 0 Å². The molecule has 1 unspecified atom stereocenters. The smallest absolute Gasteiger partial charge is 0.379 e. The first kappa shape index (κ1) is 12.2. The highest BCUT2D eigenvalue weighted by Crippen LogP contribution is 2.38. The summed E-state index contributed by atoms with van der Waals surface area (Å²) < 4.78 is 61.7. The highest BCUT2D eigenvalue weighted by molar-refractivity contribution is 6.31. The third-order valence-corrected chi connectivity index (χ3v) is 2.05. The van der Waals surface area contributed by atoms with Gasteiger partial charge in [0.15, 0.2) is 6.10 Å². The van der Waals surface area contributed by atoms with E-state index in [1.54, 1.807) is 0 Å². The minimum Gasteiger partial charge on any atom is -0.379 e. The first-order chi connectivity index (χ1) is 6.75. The number of aliphatic hydroxyl groups excluding tert-OH is 1. The molecule has 0 saturated carbocycles. The van der Waals surface area contributed by atoms with Crippen LogP contribution in [0.15, 0.2) is 12.1 Å². The number of halogens is 6. The summed E-state index contributed by atoms with van der Waals surface area (Å²) in [6, 6.07) is 1.04. The van der Waals surface area contributed by atoms with Gasteiger partial charge in [-0.3, -0.25) is 0 Å². The molecular weight excluding hydrogens is 243 g/mol. The fourth-order valence-electron chi connectivity index (χ4n) is 0.957. The fourth-order valence-corrected chi connectivity index (χ4v) is 1.21. The van der Waals surface area contributed by atoms with Crippen LogP contribution in [0.25, 0.3) is 0 Å². The average Bonchev–Trinajstić information content (AvgIpc) is 2.10. The van der Waals surface area contributed by atoms with Gasteiger partial charge >= 0.3 is 6.18 Å². The Morgan fingerprint density at radius 3 is 2.07 bits per heavy atom. The van der Waals surface area contributed by atoms with Crippen molar-refractivity contribution < 1.29 is 27.1 Å². The van der Waals surface area contributed by atoms with Gasteiger partial charge in [0, 0.05) is 5.56 Å². The Balaban J connectivity index is 3.31. The molecule has 15 heavy (non-hydrogen) atoms. The van der Waals surface area contributed by atoms with Crippen LogP contribution in [0.5, 0.6) is 0 Å². The van der Waals surface area contributed by atoms with E-state index in [1.165, 1.54) is 0 Å². The lowest BCUT2D eigenvalue weighted by molar-refractivity contribution is -0.207. The van der Waals surface area contributed by atoms with Crippen LogP contribution in [-0.2, 0) is 0 Å². The third-order valence-electron chi connectivity index (χ3n) is 1.66. The number of hydrogen-bond donors (Lipinski definition) is 1. The zero-order chi connectivity index (χ0) is 11.8. The molecule has 0 bridgehead atoms. The van der Waals surface area contributed by atoms with E-state index in [2.05, 4.69) is 0 Å². The van der Waals surface area contributed by atoms with Gasteiger partial charge in [-0.25, -0.2) is 8.78 Å². The van der Waals surface area contributed by atoms with Crippen LogP contribution >= 0.6 is 11.6 Å². The molecule has 0 radical (unpaired) electrons. The van der Waals surface area contributed by atoms with Gasteiger partial charge in [0.2, 0.25) is 0 Å². The topological polar surface area (TPSA) is 20.2 Å². The Kier molecular flexibility index (Phi) is 3.20. The molecule has 0 saturated heterocycles. The van der Waals surface area contributed by atoms with E-state index in [1.807, 2.05) is 0 Å². The van der Waals surface area contributed by atoms with Crippen molar-refractivity contribution in [3.8, 4) is 0 Å². The first-order valence-corrected chi connectivity index (χ1v) is 4.01. The van der Waals surface area contributed by atoms with Crippen molar-refractivity contribution >= 4 is 11.6 Å². The summed E-state index contributed by atoms with van der Waals surface area (Å²) >= 11 is 5.12. The third kappa shape index (κ3) is 2.38. The molecule has 0 aliphatic heterocycles. The predicted molar refractivity (Wildman–Crippen MR) is 42.4 cm³/mol. The standard InChI is InChI=1S/C8H4ClF5O/c9-6-4(11)2-1-3(10)5(6)7(15)8(12,13)14/h1-2,7,15H. The molecule has 7 heteroatoms. The summed E-state index contributed by atoms with van der Waals surface area (Å²) in [6.07, 6.45) is -8.24. The van der Waals surface area contributed by atoms with Gasteiger partial charge in [-0.1, -0.05) is 11.6 Å². The molecule has 1 atom stereocenters. The van der Waals surface area contributed by atoms with Gasteiger partial charge in [-0.15, -0.1) is 0 Å². The van der Waals surface area contributed by atoms with Crippen molar-refractivity contribution in [2.45, 2.75) is 12.3 Å². The average molecular weight is 247 g/mol. The van der Waals surface area contributed by atoms with Crippen molar-refractivity contribution in [2.75, 3.05) is 0 Å². The summed E-state index contributed by atoms with van der Waals surface area (Å²) in [6.45, 7) is 0. The van der Waals surface area contributed by atoms with Crippen molar-refractivity contribution in [1.29, 1.82) is 0 Å². The molecule has 1 nitrogen and oxygen atoms in total. The monoisotopic (exact) mass is 246 g/mol. The molecule has 0 aromatic heterocycles. The van der Waals surface area contributed by atoms with Crippen LogP contribution in [0.4, 0.5) is 22.0 Å². The van der Waals surface area contributed by atoms with Crippen LogP contribution in [0.3, 0.4) is 0 Å². The highest BCUT2D eigenvalue weighted by Gasteiger charge is 2.42. The van der Waals surface area contributed by atoms with E-state index in [9.17, 15) is 22.0 Å². The zero-order valence-electron chi connectivity index (χ0n) is 6.95. The van der Waals surface area contributed by atoms with Gasteiger partial charge in [0.25, 0.3) is 0 Å². The van der Waals surface area contributed by atoms with E-state index in [-0.39, 0.29) is 0 Å². The second-order valence-electron chi connectivity index (χ2n) is 2.70. The van der Waals surface area contributed by atoms with Crippen molar-refractivity contribution in [2.24, 2.45) is 0 Å². The summed E-state index contributed by atoms with van der Waals surface area (Å²) in [4.78, 5) is 0. The molecule has 1 rings (SSSR count). The van der Waals surface area contributed by atoms with Crippen LogP contribution in [0.1, 0.15) is 11.7 Å². The summed E-state index contributed by atoms with van der Waals surface area (Å²) in [5, 5.41) is 7.66. The number of aliphatic hydroxyl groups is 1. The van der Waals surface area contributed by atoms with Gasteiger partial charge < -0.3 is 5.11 Å². The van der Waals surface area contributed by atoms with Crippen molar-refractivity contribution in [3.05, 3.63) is 34.4 Å². The van der Waals surface area contributed by atoms with E-state index in [4.69, 9.17) is 16.7 Å². The Hall–Kier alpha value is -0.880. The maximum Gasteiger partial charge on any atom is 0.418 e. The van der Waals surface area contributed by atoms with Gasteiger partial charge in [-0.2, -0.15) is 13.2 Å². The van der Waals surface area contributed by atoms with E-state index in [0.29, 0.717) is 12.1 Å². The quantitative estimate of drug-likeness (QED) is 0.596. The fraction of sp³-hybridized carbons (Fsp3) is 0.250. The molecule has 1 aromatic rings. The van der Waals surface area contributed by atoms with E-state index in [0.717, 1.165) is 0 Å². The molecule has 1 N–H and O–H groups in total. The molecule has 84 valence electrons. The maximum atomic E-state index is 12.9. The molecule has 0 aliphatic carbocycles. The number of hydrogen-bond acceptors (Lipinski definition) is 1. The molecular formula is C8H4ClF5O. The normalized spacial score (nSPS) is 14.1.